The summed E-state index contributed by atoms with van der Waals surface area (Å²) in [6.45, 7) is 1.13. The number of carbonyl (C=O) groups excluding carboxylic acids is 2. The number of ether oxygens (including phenoxy) is 1. The molecule has 0 aliphatic carbocycles. The summed E-state index contributed by atoms with van der Waals surface area (Å²) < 4.78 is 5.28. The fourth-order valence-electron chi connectivity index (χ4n) is 3.41. The molecular weight excluding hydrogens is 378 g/mol. The van der Waals surface area contributed by atoms with Gasteiger partial charge in [0.15, 0.2) is 0 Å². The number of nitrogens with two attached hydrogens (primary N) is 1. The second kappa shape index (κ2) is 9.89. The van der Waals surface area contributed by atoms with Crippen LogP contribution in [0.3, 0.4) is 0 Å². The molecule has 0 aliphatic rings. The number of anilines is 1. The third-order valence-electron chi connectivity index (χ3n) is 4.92. The van der Waals surface area contributed by atoms with E-state index in [9.17, 15) is 9.59 Å². The largest absolute Gasteiger partial charge is 0.497 e. The van der Waals surface area contributed by atoms with Crippen molar-refractivity contribution in [1.29, 1.82) is 0 Å². The molecule has 6 nitrogen and oxygen atoms in total. The Labute approximate surface area is 176 Å². The van der Waals surface area contributed by atoms with Crippen LogP contribution in [-0.2, 0) is 16.1 Å². The minimum Gasteiger partial charge on any atom is -0.497 e. The number of benzene rings is 3. The minimum atomic E-state index is -0.426. The maximum atomic E-state index is 13.0. The van der Waals surface area contributed by atoms with Crippen LogP contribution in [0.25, 0.3) is 10.8 Å². The number of nitrogens with zero attached hydrogens (tertiary/aromatic N) is 2. The van der Waals surface area contributed by atoms with Crippen LogP contribution in [-0.4, -0.2) is 44.0 Å². The van der Waals surface area contributed by atoms with E-state index in [1.54, 1.807) is 12.0 Å². The van der Waals surface area contributed by atoms with Gasteiger partial charge in [-0.2, -0.15) is 0 Å². The van der Waals surface area contributed by atoms with E-state index < -0.39 is 5.91 Å². The number of hydrogen-bond acceptors (Lipinski definition) is 4. The Morgan fingerprint density at radius 3 is 2.37 bits per heavy atom. The lowest BCUT2D eigenvalue weighted by Crippen LogP contribution is -2.40. The second-order valence-electron chi connectivity index (χ2n) is 7.32. The van der Waals surface area contributed by atoms with Crippen LogP contribution in [0.4, 0.5) is 5.69 Å². The molecule has 3 aromatic rings. The Morgan fingerprint density at radius 2 is 1.67 bits per heavy atom. The maximum Gasteiger partial charge on any atom is 0.241 e. The second-order valence-corrected chi connectivity index (χ2v) is 7.32. The molecule has 3 aromatic carbocycles. The van der Waals surface area contributed by atoms with Gasteiger partial charge in [-0.15, -0.1) is 0 Å². The summed E-state index contributed by atoms with van der Waals surface area (Å²) in [5, 5.41) is 2.24. The maximum absolute atomic E-state index is 13.0. The van der Waals surface area contributed by atoms with Crippen LogP contribution in [0, 0.1) is 0 Å². The van der Waals surface area contributed by atoms with Crippen molar-refractivity contribution in [2.24, 2.45) is 5.73 Å². The van der Waals surface area contributed by atoms with Crippen molar-refractivity contribution in [2.45, 2.75) is 13.0 Å². The summed E-state index contributed by atoms with van der Waals surface area (Å²) in [6.07, 6.45) is 0.123. The van der Waals surface area contributed by atoms with Crippen molar-refractivity contribution in [2.75, 3.05) is 32.1 Å². The number of fused-ring (bicyclic) bond motifs is 1. The molecule has 6 heteroatoms. The predicted molar refractivity (Wildman–Crippen MR) is 119 cm³/mol. The molecule has 0 aromatic heterocycles. The van der Waals surface area contributed by atoms with E-state index in [2.05, 4.69) is 18.2 Å². The van der Waals surface area contributed by atoms with Gasteiger partial charge in [-0.05, 0) is 53.7 Å². The van der Waals surface area contributed by atoms with E-state index in [1.807, 2.05) is 60.5 Å². The molecule has 2 N–H and O–H groups in total. The molecule has 30 heavy (non-hydrogen) atoms. The molecule has 0 saturated carbocycles. The van der Waals surface area contributed by atoms with Crippen molar-refractivity contribution in [1.82, 2.24) is 4.90 Å². The topological polar surface area (TPSA) is 75.9 Å². The van der Waals surface area contributed by atoms with Gasteiger partial charge in [0.1, 0.15) is 5.75 Å². The van der Waals surface area contributed by atoms with Gasteiger partial charge in [0, 0.05) is 25.2 Å². The summed E-state index contributed by atoms with van der Waals surface area (Å²) in [5.74, 6) is 0.329. The molecule has 0 radical (unpaired) electrons. The Kier molecular flexibility index (Phi) is 7.03. The Bertz CT molecular complexity index is 1020. The van der Waals surface area contributed by atoms with Gasteiger partial charge in [-0.3, -0.25) is 14.5 Å². The third kappa shape index (κ3) is 5.58. The molecular formula is C24H27N3O3. The fraction of sp³-hybridized carbons (Fsp3) is 0.250. The molecule has 2 amide bonds. The van der Waals surface area contributed by atoms with E-state index in [0.29, 0.717) is 6.54 Å². The zero-order valence-electron chi connectivity index (χ0n) is 17.4. The van der Waals surface area contributed by atoms with Crippen LogP contribution in [0.15, 0.2) is 66.7 Å². The fourth-order valence-corrected chi connectivity index (χ4v) is 3.41. The molecule has 0 fully saturated rings. The molecule has 156 valence electrons. The summed E-state index contributed by atoms with van der Waals surface area (Å²) in [7, 11) is 3.57. The quantitative estimate of drug-likeness (QED) is 0.593. The van der Waals surface area contributed by atoms with E-state index in [-0.39, 0.29) is 25.4 Å². The SMILES string of the molecule is COc1ccc2cc(CN(C)CC(=O)N(CCC(N)=O)c3ccccc3)ccc2c1. The van der Waals surface area contributed by atoms with Crippen LogP contribution >= 0.6 is 0 Å². The average Bonchev–Trinajstić information content (AvgIpc) is 2.74. The van der Waals surface area contributed by atoms with Gasteiger partial charge in [0.2, 0.25) is 11.8 Å². The first-order valence-corrected chi connectivity index (χ1v) is 9.85. The normalized spacial score (nSPS) is 10.9. The molecule has 0 saturated heterocycles. The average molecular weight is 405 g/mol. The van der Waals surface area contributed by atoms with Crippen molar-refractivity contribution in [3.05, 3.63) is 72.3 Å². The first-order valence-electron chi connectivity index (χ1n) is 9.85. The molecule has 0 heterocycles. The van der Waals surface area contributed by atoms with Gasteiger partial charge < -0.3 is 15.4 Å². The van der Waals surface area contributed by atoms with Crippen molar-refractivity contribution < 1.29 is 14.3 Å². The van der Waals surface area contributed by atoms with Crippen molar-refractivity contribution >= 4 is 28.3 Å². The van der Waals surface area contributed by atoms with Crippen LogP contribution in [0.2, 0.25) is 0 Å². The lowest BCUT2D eigenvalue weighted by Gasteiger charge is -2.25. The van der Waals surface area contributed by atoms with Gasteiger partial charge in [0.05, 0.1) is 13.7 Å². The van der Waals surface area contributed by atoms with E-state index in [1.165, 1.54) is 0 Å². The van der Waals surface area contributed by atoms with Crippen molar-refractivity contribution in [3.8, 4) is 5.75 Å². The number of likely N-dealkylation sites (N-methyl/N-ethyl adjacent to an activating group) is 1. The zero-order valence-corrected chi connectivity index (χ0v) is 17.4. The lowest BCUT2D eigenvalue weighted by molar-refractivity contribution is -0.119. The van der Waals surface area contributed by atoms with Gasteiger partial charge in [-0.25, -0.2) is 0 Å². The highest BCUT2D eigenvalue weighted by Gasteiger charge is 2.18. The van der Waals surface area contributed by atoms with Gasteiger partial charge in [0.25, 0.3) is 0 Å². The summed E-state index contributed by atoms with van der Waals surface area (Å²) >= 11 is 0. The molecule has 0 atom stereocenters. The standard InChI is InChI=1S/C24H27N3O3/c1-26(16-18-8-9-20-15-22(30-2)11-10-19(20)14-18)17-24(29)27(13-12-23(25)28)21-6-4-3-5-7-21/h3-11,14-15H,12-13,16-17H2,1-2H3,(H2,25,28). The lowest BCUT2D eigenvalue weighted by atomic mass is 10.1. The molecule has 0 unspecified atom stereocenters. The third-order valence-corrected chi connectivity index (χ3v) is 4.92. The summed E-state index contributed by atoms with van der Waals surface area (Å²) in [4.78, 5) is 27.8. The number of amides is 2. The first kappa shape index (κ1) is 21.3. The van der Waals surface area contributed by atoms with Crippen LogP contribution in [0.1, 0.15) is 12.0 Å². The Balaban J connectivity index is 1.68. The summed E-state index contributed by atoms with van der Waals surface area (Å²) in [6, 6.07) is 21.6. The van der Waals surface area contributed by atoms with Crippen LogP contribution < -0.4 is 15.4 Å². The number of rotatable bonds is 9. The highest BCUT2D eigenvalue weighted by Crippen LogP contribution is 2.22. The minimum absolute atomic E-state index is 0.0736. The van der Waals surface area contributed by atoms with Crippen LogP contribution in [0.5, 0.6) is 5.75 Å². The van der Waals surface area contributed by atoms with Gasteiger partial charge >= 0.3 is 0 Å². The Hall–Kier alpha value is -3.38. The first-order chi connectivity index (χ1) is 14.5. The summed E-state index contributed by atoms with van der Waals surface area (Å²) in [5.41, 5.74) is 7.17. The van der Waals surface area contributed by atoms with E-state index in [4.69, 9.17) is 10.5 Å². The number of hydrogen-bond donors (Lipinski definition) is 1. The molecule has 0 aliphatic heterocycles. The number of primary amides is 1. The number of carbonyl (C=O) groups is 2. The molecule has 3 rings (SSSR count). The molecule has 0 bridgehead atoms. The zero-order chi connectivity index (χ0) is 21.5. The van der Waals surface area contributed by atoms with Gasteiger partial charge in [-0.1, -0.05) is 36.4 Å². The monoisotopic (exact) mass is 405 g/mol. The Morgan fingerprint density at radius 1 is 0.967 bits per heavy atom. The predicted octanol–water partition coefficient (Wildman–Crippen LogP) is 3.19. The van der Waals surface area contributed by atoms with E-state index in [0.717, 1.165) is 27.8 Å². The highest BCUT2D eigenvalue weighted by molar-refractivity contribution is 5.95. The molecule has 0 spiro atoms. The number of para-hydroxylation sites is 1. The van der Waals surface area contributed by atoms with E-state index >= 15 is 0 Å². The smallest absolute Gasteiger partial charge is 0.241 e. The highest BCUT2D eigenvalue weighted by atomic mass is 16.5. The van der Waals surface area contributed by atoms with Crippen molar-refractivity contribution in [3.63, 3.8) is 0 Å². The number of methoxy groups -OCH3 is 1.